The zero-order valence-electron chi connectivity index (χ0n) is 28.2. The minimum Gasteiger partial charge on any atom is -0.481 e. The Morgan fingerprint density at radius 3 is 2.41 bits per heavy atom. The van der Waals surface area contributed by atoms with Crippen molar-refractivity contribution in [3.05, 3.63) is 11.6 Å². The third-order valence-corrected chi connectivity index (χ3v) is 15.0. The van der Waals surface area contributed by atoms with E-state index in [4.69, 9.17) is 14.2 Å². The van der Waals surface area contributed by atoms with Gasteiger partial charge in [-0.3, -0.25) is 9.59 Å². The van der Waals surface area contributed by atoms with E-state index in [2.05, 4.69) is 54.5 Å². The largest absolute Gasteiger partial charge is 0.481 e. The van der Waals surface area contributed by atoms with Crippen LogP contribution in [0.15, 0.2) is 11.6 Å². The molecule has 2 bridgehead atoms. The Morgan fingerprint density at radius 2 is 1.80 bits per heavy atom. The highest BCUT2D eigenvalue weighted by Gasteiger charge is 2.84. The number of hydrogen-bond acceptors (Lipinski definition) is 7. The predicted molar refractivity (Wildman–Crippen MR) is 164 cm³/mol. The number of ether oxygens (including phenoxy) is 3. The lowest BCUT2D eigenvalue weighted by Gasteiger charge is -2.68. The summed E-state index contributed by atoms with van der Waals surface area (Å²) in [5.74, 6) is -0.225. The Labute approximate surface area is 263 Å². The van der Waals surface area contributed by atoms with E-state index in [0.29, 0.717) is 24.9 Å². The number of fused-ring (bicyclic) bond motifs is 6. The van der Waals surface area contributed by atoms with Crippen molar-refractivity contribution < 1.29 is 39.1 Å². The molecule has 0 radical (unpaired) electrons. The Bertz CT molecular complexity index is 1230. The molecule has 0 aromatic rings. The number of aliphatic hydroxyl groups excluding tert-OH is 2. The maximum absolute atomic E-state index is 13.3. The molecule has 13 atom stereocenters. The highest BCUT2D eigenvalue weighted by molar-refractivity contribution is 5.73. The normalized spacial score (nSPS) is 50.2. The maximum atomic E-state index is 13.3. The van der Waals surface area contributed by atoms with Crippen LogP contribution in [0, 0.1) is 56.7 Å². The second-order valence-electron chi connectivity index (χ2n) is 17.1. The van der Waals surface area contributed by atoms with E-state index in [1.807, 2.05) is 0 Å². The van der Waals surface area contributed by atoms with E-state index in [1.54, 1.807) is 0 Å². The Hall–Kier alpha value is -1.48. The number of hydrogen-bond donors (Lipinski definition) is 3. The Kier molecular flexibility index (Phi) is 7.57. The van der Waals surface area contributed by atoms with Crippen LogP contribution in [0.3, 0.4) is 0 Å². The molecule has 5 aliphatic carbocycles. The van der Waals surface area contributed by atoms with Gasteiger partial charge in [0.2, 0.25) is 0 Å². The summed E-state index contributed by atoms with van der Waals surface area (Å²) in [5.41, 5.74) is -0.458. The van der Waals surface area contributed by atoms with E-state index in [0.717, 1.165) is 38.5 Å². The van der Waals surface area contributed by atoms with E-state index in [1.165, 1.54) is 12.5 Å². The monoisotopic (exact) mass is 616 g/mol. The summed E-state index contributed by atoms with van der Waals surface area (Å²) in [7, 11) is 0. The zero-order chi connectivity index (χ0) is 32.3. The quantitative estimate of drug-likeness (QED) is 0.245. The summed E-state index contributed by atoms with van der Waals surface area (Å²) < 4.78 is 19.2. The van der Waals surface area contributed by atoms with Gasteiger partial charge in [0.05, 0.1) is 31.3 Å². The third-order valence-electron chi connectivity index (χ3n) is 15.0. The second-order valence-corrected chi connectivity index (χ2v) is 17.1. The number of carbonyl (C=O) groups is 2. The third kappa shape index (κ3) is 4.02. The summed E-state index contributed by atoms with van der Waals surface area (Å²) in [6, 6.07) is 0. The molecule has 248 valence electrons. The van der Waals surface area contributed by atoms with Crippen LogP contribution in [-0.2, 0) is 23.8 Å². The Morgan fingerprint density at radius 1 is 1.09 bits per heavy atom. The van der Waals surface area contributed by atoms with Gasteiger partial charge in [-0.1, -0.05) is 60.1 Å². The molecule has 2 heterocycles. The fraction of sp³-hybridized carbons (Fsp3) is 0.889. The van der Waals surface area contributed by atoms with Crippen LogP contribution in [0.2, 0.25) is 0 Å². The van der Waals surface area contributed by atoms with Crippen molar-refractivity contribution in [1.29, 1.82) is 0 Å². The van der Waals surface area contributed by atoms with E-state index >= 15 is 0 Å². The topological polar surface area (TPSA) is 123 Å². The first-order valence-corrected chi connectivity index (χ1v) is 17.1. The smallest absolute Gasteiger partial charge is 0.307 e. The van der Waals surface area contributed by atoms with Crippen molar-refractivity contribution in [2.24, 2.45) is 56.7 Å². The van der Waals surface area contributed by atoms with Gasteiger partial charge in [0.25, 0.3) is 0 Å². The molecule has 6 fully saturated rings. The molecule has 2 saturated heterocycles. The number of carboxylic acid groups (broad SMARTS) is 1. The van der Waals surface area contributed by atoms with Crippen LogP contribution in [0.4, 0.5) is 0 Å². The minimum absolute atomic E-state index is 0.0346. The number of allylic oxidation sites excluding steroid dienone is 1. The van der Waals surface area contributed by atoms with Crippen LogP contribution in [0.25, 0.3) is 0 Å². The number of aliphatic hydroxyl groups is 2. The van der Waals surface area contributed by atoms with Crippen LogP contribution < -0.4 is 0 Å². The van der Waals surface area contributed by atoms with Crippen molar-refractivity contribution >= 4 is 11.9 Å². The molecule has 0 aromatic carbocycles. The highest BCUT2D eigenvalue weighted by Crippen LogP contribution is 2.84. The molecule has 8 heteroatoms. The van der Waals surface area contributed by atoms with Crippen LogP contribution in [-0.4, -0.2) is 71.0 Å². The van der Waals surface area contributed by atoms with Gasteiger partial charge < -0.3 is 29.5 Å². The van der Waals surface area contributed by atoms with Crippen molar-refractivity contribution in [1.82, 2.24) is 0 Å². The van der Waals surface area contributed by atoms with Gasteiger partial charge in [-0.2, -0.15) is 0 Å². The second kappa shape index (κ2) is 10.3. The average molecular weight is 617 g/mol. The summed E-state index contributed by atoms with van der Waals surface area (Å²) in [4.78, 5) is 25.7. The summed E-state index contributed by atoms with van der Waals surface area (Å²) in [6.07, 6.45) is 6.51. The number of carboxylic acids is 1. The standard InChI is InChI=1S/C36H56O8/c1-20(2)21(3)31(5)13-14-33(7)24-9-10-27-32(6)19-43-35(15-26(44-22(4)38)29(32)42-17-23(39)16-37)18-36(27,35)25(24)11-12-34(33,8)28(31)30(40)41/h11,20-21,23-24,26-29,37,39H,9-10,12-19H2,1-8H3,(H,40,41)/t21-,23?,24+,26-,27+,28-,29?,31-,32-,33?,34+,35?,36?/m1/s1. The van der Waals surface area contributed by atoms with Gasteiger partial charge in [0, 0.05) is 24.2 Å². The van der Waals surface area contributed by atoms with Crippen LogP contribution >= 0.6 is 0 Å². The molecule has 3 N–H and O–H groups in total. The van der Waals surface area contributed by atoms with Crippen molar-refractivity contribution in [3.63, 3.8) is 0 Å². The summed E-state index contributed by atoms with van der Waals surface area (Å²) >= 11 is 0. The first-order valence-electron chi connectivity index (χ1n) is 17.1. The van der Waals surface area contributed by atoms with E-state index < -0.39 is 47.8 Å². The predicted octanol–water partition coefficient (Wildman–Crippen LogP) is 5.39. The molecule has 0 aromatic heterocycles. The van der Waals surface area contributed by atoms with Crippen molar-refractivity contribution in [2.75, 3.05) is 19.8 Å². The van der Waals surface area contributed by atoms with Gasteiger partial charge in [-0.15, -0.1) is 0 Å². The van der Waals surface area contributed by atoms with Crippen LogP contribution in [0.5, 0.6) is 0 Å². The molecule has 7 rings (SSSR count). The molecular weight excluding hydrogens is 560 g/mol. The fourth-order valence-electron chi connectivity index (χ4n) is 12.3. The molecule has 44 heavy (non-hydrogen) atoms. The SMILES string of the molecule is CC(=O)O[C@@H]1CC23CC24C2=CC[C@@]5(C)[C@H](C(=O)O)[C@@](C)([C@H](C)C(C)C)CCC5(C)[C@H]2CC[C@H]4[C@@](C)(CO3)C1OCC(O)CO. The van der Waals surface area contributed by atoms with E-state index in [-0.39, 0.29) is 46.1 Å². The number of esters is 1. The minimum atomic E-state index is -1.01. The zero-order valence-corrected chi connectivity index (χ0v) is 28.2. The number of rotatable bonds is 8. The van der Waals surface area contributed by atoms with Gasteiger partial charge >= 0.3 is 11.9 Å². The lowest BCUT2D eigenvalue weighted by Crippen LogP contribution is -2.64. The summed E-state index contributed by atoms with van der Waals surface area (Å²) in [6.45, 7) is 17.3. The van der Waals surface area contributed by atoms with Gasteiger partial charge in [0.15, 0.2) is 0 Å². The first kappa shape index (κ1) is 32.5. The summed E-state index contributed by atoms with van der Waals surface area (Å²) in [5, 5.41) is 30.6. The van der Waals surface area contributed by atoms with E-state index in [9.17, 15) is 24.9 Å². The Balaban J connectivity index is 1.42. The van der Waals surface area contributed by atoms with Crippen LogP contribution in [0.1, 0.15) is 100 Å². The van der Waals surface area contributed by atoms with Gasteiger partial charge in [0.1, 0.15) is 18.3 Å². The van der Waals surface area contributed by atoms with Crippen molar-refractivity contribution in [3.8, 4) is 0 Å². The molecule has 2 spiro atoms. The molecule has 7 aliphatic rings. The van der Waals surface area contributed by atoms with Gasteiger partial charge in [-0.05, 0) is 78.4 Å². The average Bonchev–Trinajstić information content (AvgIpc) is 3.63. The fourth-order valence-corrected chi connectivity index (χ4v) is 12.3. The number of carbonyl (C=O) groups excluding carboxylic acids is 1. The maximum Gasteiger partial charge on any atom is 0.307 e. The lowest BCUT2D eigenvalue weighted by molar-refractivity contribution is -0.206. The molecule has 8 nitrogen and oxygen atoms in total. The van der Waals surface area contributed by atoms with Gasteiger partial charge in [-0.25, -0.2) is 0 Å². The number of aliphatic carboxylic acids is 1. The molecule has 4 saturated carbocycles. The first-order chi connectivity index (χ1) is 20.5. The lowest BCUT2D eigenvalue weighted by atomic mass is 9.36. The highest BCUT2D eigenvalue weighted by atomic mass is 16.6. The molecular formula is C36H56O8. The van der Waals surface area contributed by atoms with Crippen molar-refractivity contribution in [2.45, 2.75) is 124 Å². The molecule has 2 aliphatic heterocycles. The molecule has 5 unspecified atom stereocenters. The molecule has 0 amide bonds.